The van der Waals surface area contributed by atoms with Crippen molar-refractivity contribution in [2.75, 3.05) is 0 Å². The van der Waals surface area contributed by atoms with Crippen molar-refractivity contribution < 1.29 is 29.7 Å². The molecule has 0 unspecified atom stereocenters. The molecule has 0 heterocycles. The molecule has 0 rings (SSSR count). The number of rotatable bonds is 3. The summed E-state index contributed by atoms with van der Waals surface area (Å²) in [5.74, 6) is -2.56. The van der Waals surface area contributed by atoms with E-state index in [0.29, 0.717) is 0 Å². The molecule has 0 fully saturated rings. The van der Waals surface area contributed by atoms with Gasteiger partial charge in [-0.2, -0.15) is 5.26 Å². The summed E-state index contributed by atoms with van der Waals surface area (Å²) in [6.07, 6.45) is 0.0417. The monoisotopic (exact) mass is 257 g/mol. The van der Waals surface area contributed by atoms with E-state index >= 15 is 0 Å². The third kappa shape index (κ3) is 71.2. The van der Waals surface area contributed by atoms with Gasteiger partial charge in [-0.15, -0.1) is 0 Å². The van der Waals surface area contributed by atoms with Crippen LogP contribution in [0.1, 0.15) is 33.1 Å². The molecule has 3 N–H and O–H groups in total. The van der Waals surface area contributed by atoms with Gasteiger partial charge in [-0.3, -0.25) is 14.4 Å². The van der Waals surface area contributed by atoms with Crippen LogP contribution in [0.2, 0.25) is 0 Å². The van der Waals surface area contributed by atoms with Gasteiger partial charge in [0.05, 0.1) is 6.07 Å². The molecule has 7 nitrogen and oxygen atoms in total. The summed E-state index contributed by atoms with van der Waals surface area (Å²) in [5, 5.41) is 30.7. The molecule has 0 aliphatic rings. The first-order chi connectivity index (χ1) is 7.31. The predicted molar refractivity (Wildman–Crippen MR) is 60.9 cm³/mol. The van der Waals surface area contributed by atoms with Crippen molar-refractivity contribution in [3.8, 4) is 6.07 Å². The van der Waals surface area contributed by atoms with Gasteiger partial charge >= 0.3 is 47.5 Å². The molecule has 0 amide bonds. The third-order valence-corrected chi connectivity index (χ3v) is 0.835. The molecule has 0 atom stereocenters. The Labute approximate surface area is 121 Å². The molecule has 0 spiro atoms. The van der Waals surface area contributed by atoms with E-state index in [1.165, 1.54) is 6.07 Å². The fourth-order valence-electron chi connectivity index (χ4n) is 0.0676. The molecule has 8 heteroatoms. The molecular weight excluding hydrogens is 241 g/mol. The van der Waals surface area contributed by atoms with Crippen LogP contribution in [0.25, 0.3) is 0 Å². The fraction of sp³-hybridized carbons (Fsp3) is 0.556. The van der Waals surface area contributed by atoms with Crippen LogP contribution in [-0.2, 0) is 14.4 Å². The summed E-state index contributed by atoms with van der Waals surface area (Å²) in [7, 11) is 0. The molecule has 0 aliphatic heterocycles. The van der Waals surface area contributed by atoms with Crippen LogP contribution in [0.15, 0.2) is 0 Å². The Balaban J connectivity index is -0.0000000729. The molecule has 0 aromatic carbocycles. The van der Waals surface area contributed by atoms with Crippen LogP contribution < -0.4 is 0 Å². The number of nitrogens with zero attached hydrogens (tertiary/aromatic N) is 1. The van der Waals surface area contributed by atoms with Crippen molar-refractivity contribution in [1.29, 1.82) is 5.26 Å². The van der Waals surface area contributed by atoms with Crippen LogP contribution in [-0.4, -0.2) is 62.8 Å². The van der Waals surface area contributed by atoms with Crippen molar-refractivity contribution in [1.82, 2.24) is 0 Å². The number of nitriles is 1. The zero-order valence-electron chi connectivity index (χ0n) is 9.13. The SMILES string of the molecule is CCC(=O)O.CCC(=O)O.N#CCC(=O)O.[NaH]. The van der Waals surface area contributed by atoms with E-state index in [1.54, 1.807) is 13.8 Å². The Kier molecular flexibility index (Phi) is 29.8. The van der Waals surface area contributed by atoms with Gasteiger partial charge in [0.15, 0.2) is 0 Å². The minimum atomic E-state index is -1.07. The number of aliphatic carboxylic acids is 3. The molecule has 0 aliphatic carbocycles. The second kappa shape index (κ2) is 20.3. The fourth-order valence-corrected chi connectivity index (χ4v) is 0.0676. The normalized spacial score (nSPS) is 6.65. The van der Waals surface area contributed by atoms with Crippen molar-refractivity contribution in [2.24, 2.45) is 0 Å². The maximum atomic E-state index is 9.38. The quantitative estimate of drug-likeness (QED) is 0.618. The molecule has 17 heavy (non-hydrogen) atoms. The third-order valence-electron chi connectivity index (χ3n) is 0.835. The topological polar surface area (TPSA) is 136 Å². The summed E-state index contributed by atoms with van der Waals surface area (Å²) < 4.78 is 0. The predicted octanol–water partition coefficient (Wildman–Crippen LogP) is 0.298. The molecule has 0 radical (unpaired) electrons. The summed E-state index contributed by atoms with van der Waals surface area (Å²) in [4.78, 5) is 28.1. The molecule has 0 aromatic rings. The van der Waals surface area contributed by atoms with Crippen molar-refractivity contribution in [3.05, 3.63) is 0 Å². The minimum absolute atomic E-state index is 0. The first-order valence-corrected chi connectivity index (χ1v) is 4.34. The first kappa shape index (κ1) is 24.9. The van der Waals surface area contributed by atoms with Gasteiger partial charge in [0.1, 0.15) is 6.42 Å². The van der Waals surface area contributed by atoms with E-state index < -0.39 is 24.3 Å². The number of hydrogen-bond acceptors (Lipinski definition) is 4. The average molecular weight is 257 g/mol. The molecule has 0 saturated carbocycles. The van der Waals surface area contributed by atoms with Gasteiger partial charge in [0.25, 0.3) is 0 Å². The van der Waals surface area contributed by atoms with Gasteiger partial charge < -0.3 is 15.3 Å². The molecule has 0 saturated heterocycles. The Morgan fingerprint density at radius 1 is 0.941 bits per heavy atom. The van der Waals surface area contributed by atoms with Gasteiger partial charge in [-0.25, -0.2) is 0 Å². The molecule has 0 bridgehead atoms. The standard InChI is InChI=1S/C3H3NO2.2C3H6O2.Na.H/c4-2-1-3(5)6;2*1-2-3(4)5;;/h1H2,(H,5,6);2*2H2,1H3,(H,4,5);;. The van der Waals surface area contributed by atoms with Crippen LogP contribution in [0, 0.1) is 11.3 Å². The van der Waals surface area contributed by atoms with E-state index in [-0.39, 0.29) is 42.4 Å². The number of carbonyl (C=O) groups is 3. The zero-order valence-corrected chi connectivity index (χ0v) is 9.13. The van der Waals surface area contributed by atoms with Gasteiger partial charge in [0, 0.05) is 12.8 Å². The molecular formula is C9H16NNaO6. The zero-order chi connectivity index (χ0) is 13.6. The van der Waals surface area contributed by atoms with Gasteiger partial charge in [-0.05, 0) is 0 Å². The number of hydrogen-bond donors (Lipinski definition) is 3. The van der Waals surface area contributed by atoms with Crippen molar-refractivity contribution in [3.63, 3.8) is 0 Å². The van der Waals surface area contributed by atoms with Gasteiger partial charge in [0.2, 0.25) is 0 Å². The Hall–Kier alpha value is -1.10. The summed E-state index contributed by atoms with van der Waals surface area (Å²) in [6, 6.07) is 1.47. The van der Waals surface area contributed by atoms with Crippen molar-refractivity contribution >= 4 is 47.5 Å². The Morgan fingerprint density at radius 2 is 1.18 bits per heavy atom. The first-order valence-electron chi connectivity index (χ1n) is 4.34. The van der Waals surface area contributed by atoms with Gasteiger partial charge in [-0.1, -0.05) is 13.8 Å². The summed E-state index contributed by atoms with van der Waals surface area (Å²) in [6.45, 7) is 3.20. The van der Waals surface area contributed by atoms with E-state index in [9.17, 15) is 14.4 Å². The Morgan fingerprint density at radius 3 is 1.18 bits per heavy atom. The van der Waals surface area contributed by atoms with Crippen LogP contribution in [0.5, 0.6) is 0 Å². The molecule has 94 valence electrons. The number of carboxylic acid groups (broad SMARTS) is 3. The van der Waals surface area contributed by atoms with E-state index in [0.717, 1.165) is 0 Å². The van der Waals surface area contributed by atoms with Crippen LogP contribution in [0.3, 0.4) is 0 Å². The average Bonchev–Trinajstić information content (AvgIpc) is 2.19. The van der Waals surface area contributed by atoms with Crippen LogP contribution >= 0.6 is 0 Å². The van der Waals surface area contributed by atoms with E-state index in [4.69, 9.17) is 20.6 Å². The van der Waals surface area contributed by atoms with Crippen molar-refractivity contribution in [2.45, 2.75) is 33.1 Å². The maximum absolute atomic E-state index is 9.38. The summed E-state index contributed by atoms with van der Waals surface area (Å²) in [5.41, 5.74) is 0. The molecule has 0 aromatic heterocycles. The Bertz CT molecular complexity index is 247. The number of carboxylic acids is 3. The summed E-state index contributed by atoms with van der Waals surface area (Å²) >= 11 is 0. The van der Waals surface area contributed by atoms with E-state index in [1.807, 2.05) is 0 Å². The second-order valence-electron chi connectivity index (χ2n) is 2.22. The van der Waals surface area contributed by atoms with E-state index in [2.05, 4.69) is 0 Å². The van der Waals surface area contributed by atoms with Crippen LogP contribution in [0.4, 0.5) is 0 Å². The second-order valence-corrected chi connectivity index (χ2v) is 2.22.